The van der Waals surface area contributed by atoms with Crippen molar-refractivity contribution in [2.24, 2.45) is 0 Å². The third-order valence-corrected chi connectivity index (χ3v) is 3.67. The number of anilines is 1. The summed E-state index contributed by atoms with van der Waals surface area (Å²) >= 11 is 2.25. The van der Waals surface area contributed by atoms with E-state index in [-0.39, 0.29) is 18.5 Å². The number of furan rings is 1. The van der Waals surface area contributed by atoms with Crippen LogP contribution in [-0.2, 0) is 4.79 Å². The molecule has 0 saturated carbocycles. The molecule has 1 heterocycles. The molecule has 0 unspecified atom stereocenters. The SMILES string of the molecule is Cc1cc(I)ccc1NC(=O)CN[C@H](C)c1ccco1. The van der Waals surface area contributed by atoms with Gasteiger partial charge in [0.1, 0.15) is 5.76 Å². The van der Waals surface area contributed by atoms with E-state index in [0.717, 1.165) is 20.6 Å². The predicted molar refractivity (Wildman–Crippen MR) is 87.7 cm³/mol. The Bertz CT molecular complexity index is 582. The number of aryl methyl sites for hydroxylation is 1. The number of nitrogens with one attached hydrogen (secondary N) is 2. The summed E-state index contributed by atoms with van der Waals surface area (Å²) < 4.78 is 6.44. The van der Waals surface area contributed by atoms with E-state index in [4.69, 9.17) is 4.42 Å². The predicted octanol–water partition coefficient (Wildman–Crippen LogP) is 3.48. The molecule has 1 aromatic carbocycles. The number of amides is 1. The molecule has 5 heteroatoms. The molecule has 2 rings (SSSR count). The van der Waals surface area contributed by atoms with Gasteiger partial charge in [0.15, 0.2) is 0 Å². The van der Waals surface area contributed by atoms with Crippen LogP contribution in [0.1, 0.15) is 24.3 Å². The van der Waals surface area contributed by atoms with E-state index < -0.39 is 0 Å². The molecule has 1 atom stereocenters. The molecule has 1 amide bonds. The van der Waals surface area contributed by atoms with Gasteiger partial charge in [-0.15, -0.1) is 0 Å². The molecule has 0 spiro atoms. The molecular weight excluding hydrogens is 367 g/mol. The highest BCUT2D eigenvalue weighted by Crippen LogP contribution is 2.17. The van der Waals surface area contributed by atoms with Crippen molar-refractivity contribution < 1.29 is 9.21 Å². The first-order chi connectivity index (χ1) is 9.56. The zero-order valence-corrected chi connectivity index (χ0v) is 13.6. The van der Waals surface area contributed by atoms with E-state index in [1.54, 1.807) is 6.26 Å². The number of rotatable bonds is 5. The lowest BCUT2D eigenvalue weighted by Gasteiger charge is -2.12. The minimum Gasteiger partial charge on any atom is -0.468 e. The van der Waals surface area contributed by atoms with Gasteiger partial charge in [0.2, 0.25) is 5.91 Å². The van der Waals surface area contributed by atoms with Gasteiger partial charge in [0.25, 0.3) is 0 Å². The number of benzene rings is 1. The fraction of sp³-hybridized carbons (Fsp3) is 0.267. The van der Waals surface area contributed by atoms with E-state index >= 15 is 0 Å². The summed E-state index contributed by atoms with van der Waals surface area (Å²) in [7, 11) is 0. The third-order valence-electron chi connectivity index (χ3n) is 3.00. The number of hydrogen-bond donors (Lipinski definition) is 2. The number of carbonyl (C=O) groups is 1. The van der Waals surface area contributed by atoms with Crippen molar-refractivity contribution in [3.05, 3.63) is 51.5 Å². The van der Waals surface area contributed by atoms with Gasteiger partial charge in [-0.1, -0.05) is 0 Å². The number of halogens is 1. The highest BCUT2D eigenvalue weighted by molar-refractivity contribution is 14.1. The average Bonchev–Trinajstić information content (AvgIpc) is 2.93. The zero-order chi connectivity index (χ0) is 14.5. The van der Waals surface area contributed by atoms with Crippen LogP contribution in [0.25, 0.3) is 0 Å². The minimum absolute atomic E-state index is 0.00793. The van der Waals surface area contributed by atoms with Crippen LogP contribution in [0, 0.1) is 10.5 Å². The monoisotopic (exact) mass is 384 g/mol. The quantitative estimate of drug-likeness (QED) is 0.777. The normalized spacial score (nSPS) is 12.2. The average molecular weight is 384 g/mol. The Morgan fingerprint density at radius 3 is 2.85 bits per heavy atom. The van der Waals surface area contributed by atoms with Gasteiger partial charge in [0, 0.05) is 9.26 Å². The van der Waals surface area contributed by atoms with Crippen molar-refractivity contribution in [2.45, 2.75) is 19.9 Å². The summed E-state index contributed by atoms with van der Waals surface area (Å²) in [5, 5.41) is 6.03. The van der Waals surface area contributed by atoms with Crippen molar-refractivity contribution in [3.8, 4) is 0 Å². The molecule has 2 aromatic rings. The molecule has 0 bridgehead atoms. The van der Waals surface area contributed by atoms with Gasteiger partial charge in [-0.05, 0) is 72.3 Å². The first kappa shape index (κ1) is 15.1. The van der Waals surface area contributed by atoms with E-state index in [0.29, 0.717) is 0 Å². The van der Waals surface area contributed by atoms with Crippen LogP contribution in [-0.4, -0.2) is 12.5 Å². The Morgan fingerprint density at radius 1 is 1.40 bits per heavy atom. The first-order valence-corrected chi connectivity index (χ1v) is 7.47. The molecule has 0 aliphatic heterocycles. The van der Waals surface area contributed by atoms with Crippen molar-refractivity contribution >= 4 is 34.2 Å². The van der Waals surface area contributed by atoms with E-state index in [9.17, 15) is 4.79 Å². The molecule has 0 saturated heterocycles. The molecule has 20 heavy (non-hydrogen) atoms. The molecule has 4 nitrogen and oxygen atoms in total. The smallest absolute Gasteiger partial charge is 0.238 e. The maximum atomic E-state index is 11.9. The Hall–Kier alpha value is -1.34. The standard InChI is InChI=1S/C15H17IN2O2/c1-10-8-12(16)5-6-13(10)18-15(19)9-17-11(2)14-4-3-7-20-14/h3-8,11,17H,9H2,1-2H3,(H,18,19)/t11-/m1/s1. The van der Waals surface area contributed by atoms with Crippen molar-refractivity contribution in [2.75, 3.05) is 11.9 Å². The maximum Gasteiger partial charge on any atom is 0.238 e. The second-order valence-corrected chi connectivity index (χ2v) is 5.87. The summed E-state index contributed by atoms with van der Waals surface area (Å²) in [5.74, 6) is 0.760. The Balaban J connectivity index is 1.86. The highest BCUT2D eigenvalue weighted by Gasteiger charge is 2.10. The summed E-state index contributed by atoms with van der Waals surface area (Å²) in [6, 6.07) is 9.66. The maximum absolute atomic E-state index is 11.9. The lowest BCUT2D eigenvalue weighted by molar-refractivity contribution is -0.115. The number of carbonyl (C=O) groups excluding carboxylic acids is 1. The number of hydrogen-bond acceptors (Lipinski definition) is 3. The molecular formula is C15H17IN2O2. The summed E-state index contributed by atoms with van der Waals surface area (Å²) in [6.07, 6.45) is 1.63. The zero-order valence-electron chi connectivity index (χ0n) is 11.4. The van der Waals surface area contributed by atoms with Gasteiger partial charge in [-0.3, -0.25) is 10.1 Å². The molecule has 0 radical (unpaired) electrons. The lowest BCUT2D eigenvalue weighted by atomic mass is 10.2. The van der Waals surface area contributed by atoms with Crippen LogP contribution in [0.4, 0.5) is 5.69 Å². The molecule has 2 N–H and O–H groups in total. The van der Waals surface area contributed by atoms with E-state index in [2.05, 4.69) is 33.2 Å². The topological polar surface area (TPSA) is 54.3 Å². The van der Waals surface area contributed by atoms with Gasteiger partial charge >= 0.3 is 0 Å². The fourth-order valence-corrected chi connectivity index (χ4v) is 2.49. The largest absolute Gasteiger partial charge is 0.468 e. The lowest BCUT2D eigenvalue weighted by Crippen LogP contribution is -2.30. The van der Waals surface area contributed by atoms with E-state index in [1.165, 1.54) is 0 Å². The van der Waals surface area contributed by atoms with E-state index in [1.807, 2.05) is 44.2 Å². The van der Waals surface area contributed by atoms with Crippen LogP contribution >= 0.6 is 22.6 Å². The van der Waals surface area contributed by atoms with Crippen LogP contribution < -0.4 is 10.6 Å². The highest BCUT2D eigenvalue weighted by atomic mass is 127. The molecule has 106 valence electrons. The van der Waals surface area contributed by atoms with Gasteiger partial charge in [-0.25, -0.2) is 0 Å². The first-order valence-electron chi connectivity index (χ1n) is 6.39. The molecule has 0 aliphatic rings. The van der Waals surface area contributed by atoms with Crippen molar-refractivity contribution in [1.29, 1.82) is 0 Å². The van der Waals surface area contributed by atoms with Gasteiger partial charge in [0.05, 0.1) is 18.8 Å². The molecule has 0 aliphatic carbocycles. The van der Waals surface area contributed by atoms with Crippen LogP contribution in [0.2, 0.25) is 0 Å². The summed E-state index contributed by atoms with van der Waals surface area (Å²) in [4.78, 5) is 11.9. The minimum atomic E-state index is -0.0623. The second kappa shape index (κ2) is 6.90. The third kappa shape index (κ3) is 4.08. The van der Waals surface area contributed by atoms with Crippen molar-refractivity contribution in [1.82, 2.24) is 5.32 Å². The Labute approximate surface area is 132 Å². The van der Waals surface area contributed by atoms with Gasteiger partial charge in [-0.2, -0.15) is 0 Å². The van der Waals surface area contributed by atoms with Crippen LogP contribution in [0.3, 0.4) is 0 Å². The van der Waals surface area contributed by atoms with Crippen LogP contribution in [0.15, 0.2) is 41.0 Å². The fourth-order valence-electron chi connectivity index (χ4n) is 1.85. The second-order valence-electron chi connectivity index (χ2n) is 4.63. The van der Waals surface area contributed by atoms with Gasteiger partial charge < -0.3 is 9.73 Å². The molecule has 0 fully saturated rings. The summed E-state index contributed by atoms with van der Waals surface area (Å²) in [5.41, 5.74) is 1.91. The van der Waals surface area contributed by atoms with Crippen molar-refractivity contribution in [3.63, 3.8) is 0 Å². The Morgan fingerprint density at radius 2 is 2.20 bits per heavy atom. The summed E-state index contributed by atoms with van der Waals surface area (Å²) in [6.45, 7) is 4.19. The van der Waals surface area contributed by atoms with Crippen LogP contribution in [0.5, 0.6) is 0 Å². The Kier molecular flexibility index (Phi) is 5.19. The molecule has 1 aromatic heterocycles.